The summed E-state index contributed by atoms with van der Waals surface area (Å²) in [6, 6.07) is -0.830. The number of carbonyl (C=O) groups excluding carboxylic acids is 1. The molecule has 76 heavy (non-hydrogen) atoms. The summed E-state index contributed by atoms with van der Waals surface area (Å²) in [6.07, 6.45) is 70.2. The van der Waals surface area contributed by atoms with E-state index in [0.717, 1.165) is 64.2 Å². The molecule has 0 bridgehead atoms. The highest BCUT2D eigenvalue weighted by Crippen LogP contribution is 2.23. The standard InChI is InChI=1S/C67H123NO8/c1-3-5-7-9-11-13-15-17-19-21-23-25-27-28-29-30-31-32-33-35-36-38-40-42-44-46-48-50-52-54-56-61(70)60(59-75-67-66(74)65(73)64(72)62(58-69)76-67)68-63(71)57-55-53-51-49-47-45-43-41-39-37-34-26-24-22-20-18-16-14-12-10-8-6-4-2/h16,18,22,24,34,37,46,48,54,56,60-62,64-67,69-70,72-74H,3-15,17,19-21,23,25-33,35-36,38-45,47,49-53,55,57-59H2,1-2H3,(H,68,71)/b18-16-,24-22-,37-34-,48-46+,56-54+. The van der Waals surface area contributed by atoms with Crippen LogP contribution in [0.1, 0.15) is 303 Å². The van der Waals surface area contributed by atoms with Gasteiger partial charge in [0.05, 0.1) is 25.4 Å². The van der Waals surface area contributed by atoms with E-state index in [9.17, 15) is 30.3 Å². The number of allylic oxidation sites excluding steroid dienone is 9. The van der Waals surface area contributed by atoms with Crippen LogP contribution in [-0.4, -0.2) is 87.5 Å². The third-order valence-electron chi connectivity index (χ3n) is 15.3. The van der Waals surface area contributed by atoms with Gasteiger partial charge in [0.25, 0.3) is 0 Å². The number of ether oxygens (including phenoxy) is 2. The van der Waals surface area contributed by atoms with Gasteiger partial charge in [-0.25, -0.2) is 0 Å². The molecule has 1 rings (SSSR count). The van der Waals surface area contributed by atoms with E-state index >= 15 is 0 Å². The number of rotatable bonds is 56. The summed E-state index contributed by atoms with van der Waals surface area (Å²) in [6.45, 7) is 3.78. The largest absolute Gasteiger partial charge is 0.394 e. The minimum Gasteiger partial charge on any atom is -0.394 e. The van der Waals surface area contributed by atoms with E-state index in [2.05, 4.69) is 67.8 Å². The van der Waals surface area contributed by atoms with Crippen LogP contribution < -0.4 is 5.32 Å². The highest BCUT2D eigenvalue weighted by Gasteiger charge is 2.44. The van der Waals surface area contributed by atoms with Crippen molar-refractivity contribution in [2.45, 2.75) is 346 Å². The third kappa shape index (κ3) is 44.7. The van der Waals surface area contributed by atoms with Crippen molar-refractivity contribution < 1.29 is 39.8 Å². The van der Waals surface area contributed by atoms with Crippen LogP contribution in [-0.2, 0) is 14.3 Å². The highest BCUT2D eigenvalue weighted by molar-refractivity contribution is 5.76. The van der Waals surface area contributed by atoms with E-state index < -0.39 is 49.5 Å². The van der Waals surface area contributed by atoms with Crippen LogP contribution in [0.25, 0.3) is 0 Å². The Hall–Kier alpha value is -2.11. The van der Waals surface area contributed by atoms with E-state index in [-0.39, 0.29) is 12.5 Å². The van der Waals surface area contributed by atoms with Crippen LogP contribution in [0.3, 0.4) is 0 Å². The number of carbonyl (C=O) groups is 1. The Morgan fingerprint density at radius 3 is 1.20 bits per heavy atom. The molecule has 9 heteroatoms. The molecule has 0 saturated carbocycles. The van der Waals surface area contributed by atoms with Crippen molar-refractivity contribution in [3.8, 4) is 0 Å². The first-order valence-electron chi connectivity index (χ1n) is 32.5. The summed E-state index contributed by atoms with van der Waals surface area (Å²) in [5.74, 6) is -0.192. The zero-order valence-corrected chi connectivity index (χ0v) is 49.5. The van der Waals surface area contributed by atoms with Gasteiger partial charge in [0.1, 0.15) is 24.4 Å². The maximum atomic E-state index is 13.1. The van der Waals surface area contributed by atoms with Crippen molar-refractivity contribution in [2.24, 2.45) is 0 Å². The van der Waals surface area contributed by atoms with Crippen LogP contribution in [0.2, 0.25) is 0 Å². The summed E-state index contributed by atoms with van der Waals surface area (Å²) < 4.78 is 11.3. The quantitative estimate of drug-likeness (QED) is 0.0261. The second kappa shape index (κ2) is 56.2. The fraction of sp³-hybridized carbons (Fsp3) is 0.836. The Labute approximate surface area is 468 Å². The number of aliphatic hydroxyl groups excluding tert-OH is 5. The molecule has 444 valence electrons. The number of aliphatic hydroxyl groups is 5. The van der Waals surface area contributed by atoms with Crippen LogP contribution in [0.4, 0.5) is 0 Å². The minimum atomic E-state index is -1.58. The molecular formula is C67H123NO8. The molecule has 1 amide bonds. The monoisotopic (exact) mass is 1070 g/mol. The topological polar surface area (TPSA) is 149 Å². The lowest BCUT2D eigenvalue weighted by atomic mass is 9.99. The molecular weight excluding hydrogens is 947 g/mol. The average molecular weight is 1070 g/mol. The number of hydrogen-bond donors (Lipinski definition) is 6. The molecule has 0 aromatic carbocycles. The number of nitrogens with one attached hydrogen (secondary N) is 1. The Balaban J connectivity index is 2.20. The molecule has 1 fully saturated rings. The summed E-state index contributed by atoms with van der Waals surface area (Å²) in [5.41, 5.74) is 0. The smallest absolute Gasteiger partial charge is 0.220 e. The zero-order chi connectivity index (χ0) is 55.0. The lowest BCUT2D eigenvalue weighted by Crippen LogP contribution is -2.60. The molecule has 1 aliphatic rings. The molecule has 0 aliphatic carbocycles. The van der Waals surface area contributed by atoms with Gasteiger partial charge in [-0.15, -0.1) is 0 Å². The first kappa shape index (κ1) is 71.9. The Bertz CT molecular complexity index is 1380. The lowest BCUT2D eigenvalue weighted by Gasteiger charge is -2.40. The number of unbranched alkanes of at least 4 members (excludes halogenated alkanes) is 38. The van der Waals surface area contributed by atoms with E-state index in [4.69, 9.17) is 9.47 Å². The maximum absolute atomic E-state index is 13.1. The van der Waals surface area contributed by atoms with Gasteiger partial charge in [-0.1, -0.05) is 286 Å². The molecule has 0 radical (unpaired) electrons. The van der Waals surface area contributed by atoms with Gasteiger partial charge in [0.15, 0.2) is 6.29 Å². The minimum absolute atomic E-state index is 0.192. The number of amides is 1. The summed E-state index contributed by atoms with van der Waals surface area (Å²) in [7, 11) is 0. The highest BCUT2D eigenvalue weighted by atomic mass is 16.7. The molecule has 0 spiro atoms. The van der Waals surface area contributed by atoms with Gasteiger partial charge >= 0.3 is 0 Å². The van der Waals surface area contributed by atoms with Gasteiger partial charge in [-0.3, -0.25) is 4.79 Å². The fourth-order valence-corrected chi connectivity index (χ4v) is 10.2. The van der Waals surface area contributed by atoms with Gasteiger partial charge in [0.2, 0.25) is 5.91 Å². The van der Waals surface area contributed by atoms with Crippen molar-refractivity contribution in [3.05, 3.63) is 60.8 Å². The molecule has 6 N–H and O–H groups in total. The van der Waals surface area contributed by atoms with Gasteiger partial charge in [-0.2, -0.15) is 0 Å². The molecule has 0 aromatic heterocycles. The normalized spacial score (nSPS) is 19.2. The van der Waals surface area contributed by atoms with E-state index in [1.807, 2.05) is 6.08 Å². The van der Waals surface area contributed by atoms with Crippen molar-refractivity contribution in [3.63, 3.8) is 0 Å². The lowest BCUT2D eigenvalue weighted by molar-refractivity contribution is -0.302. The van der Waals surface area contributed by atoms with Crippen molar-refractivity contribution in [2.75, 3.05) is 13.2 Å². The second-order valence-corrected chi connectivity index (χ2v) is 22.5. The van der Waals surface area contributed by atoms with Crippen LogP contribution in [0.5, 0.6) is 0 Å². The van der Waals surface area contributed by atoms with Crippen molar-refractivity contribution >= 4 is 5.91 Å². The van der Waals surface area contributed by atoms with Gasteiger partial charge in [-0.05, 0) is 70.6 Å². The summed E-state index contributed by atoms with van der Waals surface area (Å²) >= 11 is 0. The van der Waals surface area contributed by atoms with Gasteiger partial charge < -0.3 is 40.3 Å². The molecule has 7 unspecified atom stereocenters. The Morgan fingerprint density at radius 2 is 0.789 bits per heavy atom. The predicted molar refractivity (Wildman–Crippen MR) is 322 cm³/mol. The van der Waals surface area contributed by atoms with E-state index in [1.165, 1.54) is 218 Å². The van der Waals surface area contributed by atoms with Crippen LogP contribution >= 0.6 is 0 Å². The first-order valence-corrected chi connectivity index (χ1v) is 32.5. The third-order valence-corrected chi connectivity index (χ3v) is 15.3. The van der Waals surface area contributed by atoms with Crippen molar-refractivity contribution in [1.29, 1.82) is 0 Å². The molecule has 1 aliphatic heterocycles. The number of hydrogen-bond acceptors (Lipinski definition) is 8. The summed E-state index contributed by atoms with van der Waals surface area (Å²) in [4.78, 5) is 13.1. The van der Waals surface area contributed by atoms with E-state index in [1.54, 1.807) is 6.08 Å². The SMILES string of the molecule is CCCCCCC/C=C\C/C=C\C/C=C\CCCCCCCCCCC(=O)NC(COC1OC(CO)C(O)C(O)C1O)C(O)/C=C/CC/C=C/CCCCCCCCCCCCCCCCCCCCCCCCCC. The van der Waals surface area contributed by atoms with Gasteiger partial charge in [0, 0.05) is 6.42 Å². The molecule has 0 aromatic rings. The van der Waals surface area contributed by atoms with Crippen LogP contribution in [0, 0.1) is 0 Å². The Kier molecular flexibility index (Phi) is 53.1. The molecule has 7 atom stereocenters. The Morgan fingerprint density at radius 1 is 0.447 bits per heavy atom. The fourth-order valence-electron chi connectivity index (χ4n) is 10.2. The molecule has 1 saturated heterocycles. The maximum Gasteiger partial charge on any atom is 0.220 e. The molecule has 9 nitrogen and oxygen atoms in total. The van der Waals surface area contributed by atoms with Crippen molar-refractivity contribution in [1.82, 2.24) is 5.32 Å². The zero-order valence-electron chi connectivity index (χ0n) is 49.5. The summed E-state index contributed by atoms with van der Waals surface area (Å²) in [5, 5.41) is 54.6. The predicted octanol–water partition coefficient (Wildman–Crippen LogP) is 17.0. The van der Waals surface area contributed by atoms with E-state index in [0.29, 0.717) is 6.42 Å². The second-order valence-electron chi connectivity index (χ2n) is 22.5. The molecule has 1 heterocycles. The first-order chi connectivity index (χ1) is 37.3. The average Bonchev–Trinajstić information content (AvgIpc) is 3.42. The van der Waals surface area contributed by atoms with Crippen LogP contribution in [0.15, 0.2) is 60.8 Å².